The zero-order chi connectivity index (χ0) is 16.5. The van der Waals surface area contributed by atoms with E-state index >= 15 is 0 Å². The first-order valence-electron chi connectivity index (χ1n) is 8.58. The standard InChI is InChI=1S/C19H22N2O3/c1-23-16-5-7-17-14(10-16)2-6-18(20-17)19(22)21(15-3-4-15)11-13-8-9-24-12-13/h2,5-7,10,13,15H,3-4,8-9,11-12H2,1H3/t13-/m0/s1. The monoisotopic (exact) mass is 326 g/mol. The molecule has 0 radical (unpaired) electrons. The average molecular weight is 326 g/mol. The Morgan fingerprint density at radius 2 is 2.17 bits per heavy atom. The fourth-order valence-electron chi connectivity index (χ4n) is 3.29. The van der Waals surface area contributed by atoms with Crippen molar-refractivity contribution in [2.24, 2.45) is 5.92 Å². The van der Waals surface area contributed by atoms with Crippen LogP contribution < -0.4 is 4.74 Å². The molecule has 1 amide bonds. The van der Waals surface area contributed by atoms with E-state index in [1.807, 2.05) is 35.2 Å². The summed E-state index contributed by atoms with van der Waals surface area (Å²) in [5, 5.41) is 0.980. The number of carbonyl (C=O) groups excluding carboxylic acids is 1. The number of hydrogen-bond donors (Lipinski definition) is 0. The topological polar surface area (TPSA) is 51.7 Å². The van der Waals surface area contributed by atoms with Gasteiger partial charge >= 0.3 is 0 Å². The molecule has 2 aromatic rings. The van der Waals surface area contributed by atoms with Crippen molar-refractivity contribution in [2.45, 2.75) is 25.3 Å². The fraction of sp³-hybridized carbons (Fsp3) is 0.474. The summed E-state index contributed by atoms with van der Waals surface area (Å²) >= 11 is 0. The van der Waals surface area contributed by atoms with Gasteiger partial charge in [0.05, 0.1) is 19.2 Å². The minimum atomic E-state index is 0.0436. The molecule has 5 heteroatoms. The van der Waals surface area contributed by atoms with Gasteiger partial charge in [-0.3, -0.25) is 4.79 Å². The van der Waals surface area contributed by atoms with Crippen LogP contribution in [0, 0.1) is 5.92 Å². The molecular formula is C19H22N2O3. The quantitative estimate of drug-likeness (QED) is 0.848. The van der Waals surface area contributed by atoms with Gasteiger partial charge in [0.1, 0.15) is 11.4 Å². The van der Waals surface area contributed by atoms with Crippen LogP contribution in [0.25, 0.3) is 10.9 Å². The van der Waals surface area contributed by atoms with Crippen LogP contribution in [0.1, 0.15) is 29.8 Å². The molecule has 2 heterocycles. The first-order valence-corrected chi connectivity index (χ1v) is 8.58. The largest absolute Gasteiger partial charge is 0.497 e. The van der Waals surface area contributed by atoms with Gasteiger partial charge in [0.2, 0.25) is 0 Å². The second-order valence-electron chi connectivity index (χ2n) is 6.67. The molecule has 0 bridgehead atoms. The van der Waals surface area contributed by atoms with Crippen LogP contribution in [-0.2, 0) is 4.74 Å². The molecule has 1 aliphatic carbocycles. The van der Waals surface area contributed by atoms with Crippen molar-refractivity contribution in [3.8, 4) is 5.75 Å². The van der Waals surface area contributed by atoms with E-state index in [9.17, 15) is 4.79 Å². The van der Waals surface area contributed by atoms with Crippen molar-refractivity contribution in [1.82, 2.24) is 9.88 Å². The first kappa shape index (κ1) is 15.4. The van der Waals surface area contributed by atoms with Gasteiger partial charge in [0.25, 0.3) is 5.91 Å². The number of rotatable bonds is 5. The first-order chi connectivity index (χ1) is 11.7. The molecule has 5 nitrogen and oxygen atoms in total. The van der Waals surface area contributed by atoms with Gasteiger partial charge in [-0.15, -0.1) is 0 Å². The number of amides is 1. The number of hydrogen-bond acceptors (Lipinski definition) is 4. The third-order valence-electron chi connectivity index (χ3n) is 4.84. The molecule has 1 aliphatic heterocycles. The number of aromatic nitrogens is 1. The molecule has 126 valence electrons. The molecule has 1 aromatic heterocycles. The fourth-order valence-corrected chi connectivity index (χ4v) is 3.29. The van der Waals surface area contributed by atoms with Crippen molar-refractivity contribution in [3.63, 3.8) is 0 Å². The Morgan fingerprint density at radius 3 is 2.88 bits per heavy atom. The number of pyridine rings is 1. The molecule has 4 rings (SSSR count). The highest BCUT2D eigenvalue weighted by molar-refractivity contribution is 5.95. The van der Waals surface area contributed by atoms with Crippen molar-refractivity contribution in [3.05, 3.63) is 36.0 Å². The average Bonchev–Trinajstić information content (AvgIpc) is 3.34. The second-order valence-corrected chi connectivity index (χ2v) is 6.67. The third kappa shape index (κ3) is 3.08. The summed E-state index contributed by atoms with van der Waals surface area (Å²) in [6, 6.07) is 9.86. The molecule has 2 aliphatic rings. The zero-order valence-corrected chi connectivity index (χ0v) is 13.9. The van der Waals surface area contributed by atoms with E-state index in [2.05, 4.69) is 4.98 Å². The van der Waals surface area contributed by atoms with Crippen molar-refractivity contribution < 1.29 is 14.3 Å². The van der Waals surface area contributed by atoms with Gasteiger partial charge in [-0.1, -0.05) is 6.07 Å². The maximum absolute atomic E-state index is 13.0. The van der Waals surface area contributed by atoms with Crippen molar-refractivity contribution in [2.75, 3.05) is 26.9 Å². The molecule has 1 saturated heterocycles. The number of ether oxygens (including phenoxy) is 2. The highest BCUT2D eigenvalue weighted by atomic mass is 16.5. The van der Waals surface area contributed by atoms with Gasteiger partial charge < -0.3 is 14.4 Å². The second kappa shape index (κ2) is 6.40. The summed E-state index contributed by atoms with van der Waals surface area (Å²) in [6.07, 6.45) is 3.25. The molecule has 2 fully saturated rings. The number of benzene rings is 1. The molecule has 1 aromatic carbocycles. The van der Waals surface area contributed by atoms with E-state index in [1.165, 1.54) is 0 Å². The Balaban J connectivity index is 1.58. The van der Waals surface area contributed by atoms with Gasteiger partial charge in [0.15, 0.2) is 0 Å². The minimum Gasteiger partial charge on any atom is -0.497 e. The smallest absolute Gasteiger partial charge is 0.272 e. The maximum atomic E-state index is 13.0. The molecule has 0 spiro atoms. The number of nitrogens with zero attached hydrogens (tertiary/aromatic N) is 2. The third-order valence-corrected chi connectivity index (χ3v) is 4.84. The molecule has 0 unspecified atom stereocenters. The number of fused-ring (bicyclic) bond motifs is 1. The minimum absolute atomic E-state index is 0.0436. The summed E-state index contributed by atoms with van der Waals surface area (Å²) in [5.74, 6) is 1.30. The Bertz CT molecular complexity index is 751. The Kier molecular flexibility index (Phi) is 4.10. The Morgan fingerprint density at radius 1 is 1.29 bits per heavy atom. The predicted octanol–water partition coefficient (Wildman–Crippen LogP) is 2.88. The summed E-state index contributed by atoms with van der Waals surface area (Å²) in [7, 11) is 1.65. The molecule has 1 saturated carbocycles. The summed E-state index contributed by atoms with van der Waals surface area (Å²) in [5.41, 5.74) is 1.35. The van der Waals surface area contributed by atoms with E-state index in [0.29, 0.717) is 17.7 Å². The van der Waals surface area contributed by atoms with E-state index in [1.54, 1.807) is 7.11 Å². The van der Waals surface area contributed by atoms with Crippen LogP contribution in [-0.4, -0.2) is 48.7 Å². The zero-order valence-electron chi connectivity index (χ0n) is 13.9. The van der Waals surface area contributed by atoms with E-state index < -0.39 is 0 Å². The van der Waals surface area contributed by atoms with E-state index in [0.717, 1.165) is 55.7 Å². The van der Waals surface area contributed by atoms with Crippen LogP contribution in [0.5, 0.6) is 5.75 Å². The van der Waals surface area contributed by atoms with Crippen LogP contribution >= 0.6 is 0 Å². The van der Waals surface area contributed by atoms with E-state index in [4.69, 9.17) is 9.47 Å². The summed E-state index contributed by atoms with van der Waals surface area (Å²) in [6.45, 7) is 2.36. The molecule has 1 atom stereocenters. The lowest BCUT2D eigenvalue weighted by molar-refractivity contribution is 0.0700. The lowest BCUT2D eigenvalue weighted by Crippen LogP contribution is -2.37. The van der Waals surface area contributed by atoms with Crippen LogP contribution in [0.2, 0.25) is 0 Å². The predicted molar refractivity (Wildman–Crippen MR) is 91.3 cm³/mol. The number of carbonyl (C=O) groups is 1. The lowest BCUT2D eigenvalue weighted by atomic mass is 10.1. The van der Waals surface area contributed by atoms with Crippen molar-refractivity contribution >= 4 is 16.8 Å². The van der Waals surface area contributed by atoms with Gasteiger partial charge in [0, 0.05) is 30.5 Å². The number of methoxy groups -OCH3 is 1. The Labute approximate surface area is 141 Å². The summed E-state index contributed by atoms with van der Waals surface area (Å²) < 4.78 is 10.7. The molecule has 24 heavy (non-hydrogen) atoms. The highest BCUT2D eigenvalue weighted by Gasteiger charge is 2.35. The highest BCUT2D eigenvalue weighted by Crippen LogP contribution is 2.30. The van der Waals surface area contributed by atoms with E-state index in [-0.39, 0.29) is 5.91 Å². The van der Waals surface area contributed by atoms with Crippen LogP contribution in [0.4, 0.5) is 0 Å². The summed E-state index contributed by atoms with van der Waals surface area (Å²) in [4.78, 5) is 19.6. The Hall–Kier alpha value is -2.14. The van der Waals surface area contributed by atoms with Crippen molar-refractivity contribution in [1.29, 1.82) is 0 Å². The van der Waals surface area contributed by atoms with Gasteiger partial charge in [-0.05, 0) is 43.5 Å². The normalized spacial score (nSPS) is 20.3. The molecule has 0 N–H and O–H groups in total. The van der Waals surface area contributed by atoms with Gasteiger partial charge in [-0.25, -0.2) is 4.98 Å². The lowest BCUT2D eigenvalue weighted by Gasteiger charge is -2.25. The van der Waals surface area contributed by atoms with Crippen LogP contribution in [0.3, 0.4) is 0 Å². The van der Waals surface area contributed by atoms with Crippen LogP contribution in [0.15, 0.2) is 30.3 Å². The SMILES string of the molecule is COc1ccc2nc(C(=O)N(C[C@@H]3CCOC3)C3CC3)ccc2c1. The maximum Gasteiger partial charge on any atom is 0.272 e. The molecular weight excluding hydrogens is 304 g/mol. The van der Waals surface area contributed by atoms with Gasteiger partial charge in [-0.2, -0.15) is 0 Å².